The highest BCUT2D eigenvalue weighted by molar-refractivity contribution is 5.83. The Kier molecular flexibility index (Phi) is 6.53. The standard InChI is InChI=1S/C22H25NO5/c1-3-9-17(16-10-5-4-6-11-16)23-20(24)14-26-22(25)21-15(2)27-18-12-7-8-13-19(18)28-21/h4-8,10-13,15,17,21H,3,9,14H2,1-2H3,(H,23,24). The van der Waals surface area contributed by atoms with Crippen LogP contribution < -0.4 is 14.8 Å². The smallest absolute Gasteiger partial charge is 0.351 e. The van der Waals surface area contributed by atoms with Gasteiger partial charge in [0.05, 0.1) is 6.04 Å². The summed E-state index contributed by atoms with van der Waals surface area (Å²) in [7, 11) is 0. The lowest BCUT2D eigenvalue weighted by atomic mass is 10.0. The first-order chi connectivity index (χ1) is 13.6. The molecule has 0 saturated carbocycles. The number of hydrogen-bond acceptors (Lipinski definition) is 5. The van der Waals surface area contributed by atoms with E-state index in [-0.39, 0.29) is 18.6 Å². The molecule has 0 bridgehead atoms. The minimum atomic E-state index is -0.914. The molecule has 0 saturated heterocycles. The second-order valence-corrected chi connectivity index (χ2v) is 6.74. The molecule has 0 radical (unpaired) electrons. The van der Waals surface area contributed by atoms with E-state index >= 15 is 0 Å². The van der Waals surface area contributed by atoms with Gasteiger partial charge in [-0.1, -0.05) is 55.8 Å². The van der Waals surface area contributed by atoms with E-state index in [1.165, 1.54) is 0 Å². The van der Waals surface area contributed by atoms with Gasteiger partial charge in [0.1, 0.15) is 6.10 Å². The molecule has 1 aliphatic heterocycles. The summed E-state index contributed by atoms with van der Waals surface area (Å²) >= 11 is 0. The van der Waals surface area contributed by atoms with Gasteiger partial charge in [0.2, 0.25) is 6.10 Å². The van der Waals surface area contributed by atoms with Crippen molar-refractivity contribution in [1.82, 2.24) is 5.32 Å². The Labute approximate surface area is 164 Å². The molecule has 6 heteroatoms. The Bertz CT molecular complexity index is 808. The largest absolute Gasteiger partial charge is 0.482 e. The Morgan fingerprint density at radius 1 is 1.04 bits per heavy atom. The zero-order chi connectivity index (χ0) is 19.9. The van der Waals surface area contributed by atoms with Crippen LogP contribution in [0.2, 0.25) is 0 Å². The quantitative estimate of drug-likeness (QED) is 0.742. The Morgan fingerprint density at radius 3 is 2.36 bits per heavy atom. The number of esters is 1. The van der Waals surface area contributed by atoms with Gasteiger partial charge in [-0.2, -0.15) is 0 Å². The van der Waals surface area contributed by atoms with Crippen LogP contribution in [-0.4, -0.2) is 30.7 Å². The van der Waals surface area contributed by atoms with Crippen LogP contribution in [0.5, 0.6) is 11.5 Å². The topological polar surface area (TPSA) is 73.9 Å². The summed E-state index contributed by atoms with van der Waals surface area (Å²) in [6, 6.07) is 16.8. The molecular formula is C22H25NO5. The van der Waals surface area contributed by atoms with Crippen molar-refractivity contribution < 1.29 is 23.8 Å². The van der Waals surface area contributed by atoms with Gasteiger partial charge in [-0.25, -0.2) is 4.79 Å². The molecule has 1 N–H and O–H groups in total. The molecule has 2 aromatic carbocycles. The molecule has 0 aliphatic carbocycles. The zero-order valence-corrected chi connectivity index (χ0v) is 16.1. The molecule has 6 nitrogen and oxygen atoms in total. The van der Waals surface area contributed by atoms with Gasteiger partial charge >= 0.3 is 5.97 Å². The van der Waals surface area contributed by atoms with Gasteiger partial charge in [-0.15, -0.1) is 0 Å². The minimum Gasteiger partial charge on any atom is -0.482 e. The molecule has 3 unspecified atom stereocenters. The maximum atomic E-state index is 12.4. The Hall–Kier alpha value is -3.02. The summed E-state index contributed by atoms with van der Waals surface area (Å²) in [4.78, 5) is 24.7. The van der Waals surface area contributed by atoms with Crippen molar-refractivity contribution in [2.75, 3.05) is 6.61 Å². The highest BCUT2D eigenvalue weighted by Gasteiger charge is 2.35. The highest BCUT2D eigenvalue weighted by Crippen LogP contribution is 2.33. The summed E-state index contributed by atoms with van der Waals surface area (Å²) in [5.74, 6) is 0.102. The van der Waals surface area contributed by atoms with Crippen molar-refractivity contribution in [1.29, 1.82) is 0 Å². The van der Waals surface area contributed by atoms with Crippen molar-refractivity contribution in [2.45, 2.75) is 44.9 Å². The maximum Gasteiger partial charge on any atom is 0.351 e. The number of carbonyl (C=O) groups is 2. The molecule has 0 fully saturated rings. The van der Waals surface area contributed by atoms with Crippen molar-refractivity contribution in [3.63, 3.8) is 0 Å². The number of amides is 1. The number of benzene rings is 2. The van der Waals surface area contributed by atoms with Gasteiger partial charge < -0.3 is 19.5 Å². The Morgan fingerprint density at radius 2 is 1.68 bits per heavy atom. The summed E-state index contributed by atoms with van der Waals surface area (Å²) in [5.41, 5.74) is 1.03. The van der Waals surface area contributed by atoms with E-state index < -0.39 is 18.2 Å². The molecule has 28 heavy (non-hydrogen) atoms. The first-order valence-corrected chi connectivity index (χ1v) is 9.51. The number of hydrogen-bond donors (Lipinski definition) is 1. The summed E-state index contributed by atoms with van der Waals surface area (Å²) in [5, 5.41) is 2.93. The lowest BCUT2D eigenvalue weighted by molar-refractivity contribution is -0.160. The number of carbonyl (C=O) groups excluding carboxylic acids is 2. The van der Waals surface area contributed by atoms with E-state index in [0.717, 1.165) is 18.4 Å². The van der Waals surface area contributed by atoms with Crippen LogP contribution in [0.3, 0.4) is 0 Å². The predicted octanol–water partition coefficient (Wildman–Crippen LogP) is 3.42. The molecule has 1 amide bonds. The molecular weight excluding hydrogens is 358 g/mol. The van der Waals surface area contributed by atoms with Crippen molar-refractivity contribution in [2.24, 2.45) is 0 Å². The molecule has 3 atom stereocenters. The lowest BCUT2D eigenvalue weighted by Gasteiger charge is -2.30. The average molecular weight is 383 g/mol. The van der Waals surface area contributed by atoms with E-state index in [2.05, 4.69) is 12.2 Å². The first-order valence-electron chi connectivity index (χ1n) is 9.51. The van der Waals surface area contributed by atoms with Crippen LogP contribution in [0.25, 0.3) is 0 Å². The lowest BCUT2D eigenvalue weighted by Crippen LogP contribution is -2.45. The summed E-state index contributed by atoms with van der Waals surface area (Å²) in [6.45, 7) is 3.43. The molecule has 0 aromatic heterocycles. The third-order valence-corrected chi connectivity index (χ3v) is 4.53. The van der Waals surface area contributed by atoms with E-state index in [9.17, 15) is 9.59 Å². The molecule has 0 spiro atoms. The first kappa shape index (κ1) is 19.7. The zero-order valence-electron chi connectivity index (χ0n) is 16.1. The van der Waals surface area contributed by atoms with Gasteiger partial charge in [-0.05, 0) is 31.0 Å². The van der Waals surface area contributed by atoms with Crippen LogP contribution in [0.15, 0.2) is 54.6 Å². The van der Waals surface area contributed by atoms with E-state index in [1.54, 1.807) is 25.1 Å². The van der Waals surface area contributed by atoms with Crippen molar-refractivity contribution in [3.8, 4) is 11.5 Å². The fourth-order valence-electron chi connectivity index (χ4n) is 3.13. The number of para-hydroxylation sites is 2. The average Bonchev–Trinajstić information content (AvgIpc) is 2.72. The third kappa shape index (κ3) is 4.82. The molecule has 1 heterocycles. The fraction of sp³-hybridized carbons (Fsp3) is 0.364. The van der Waals surface area contributed by atoms with E-state index in [1.807, 2.05) is 36.4 Å². The van der Waals surface area contributed by atoms with Gasteiger partial charge in [0, 0.05) is 0 Å². The van der Waals surface area contributed by atoms with Gasteiger partial charge in [0.15, 0.2) is 18.1 Å². The van der Waals surface area contributed by atoms with E-state index in [4.69, 9.17) is 14.2 Å². The number of rotatable bonds is 7. The monoisotopic (exact) mass is 383 g/mol. The van der Waals surface area contributed by atoms with Crippen LogP contribution in [0, 0.1) is 0 Å². The number of nitrogens with one attached hydrogen (secondary N) is 1. The number of ether oxygens (including phenoxy) is 3. The van der Waals surface area contributed by atoms with Gasteiger partial charge in [0.25, 0.3) is 5.91 Å². The third-order valence-electron chi connectivity index (χ3n) is 4.53. The van der Waals surface area contributed by atoms with Gasteiger partial charge in [-0.3, -0.25) is 4.79 Å². The van der Waals surface area contributed by atoms with Crippen LogP contribution >= 0.6 is 0 Å². The second kappa shape index (κ2) is 9.26. The van der Waals surface area contributed by atoms with Crippen molar-refractivity contribution >= 4 is 11.9 Å². The highest BCUT2D eigenvalue weighted by atomic mass is 16.6. The van der Waals surface area contributed by atoms with Crippen LogP contribution in [0.4, 0.5) is 0 Å². The van der Waals surface area contributed by atoms with E-state index in [0.29, 0.717) is 11.5 Å². The second-order valence-electron chi connectivity index (χ2n) is 6.74. The molecule has 1 aliphatic rings. The SMILES string of the molecule is CCCC(NC(=O)COC(=O)C1Oc2ccccc2OC1C)c1ccccc1. The molecule has 2 aromatic rings. The predicted molar refractivity (Wildman–Crippen MR) is 104 cm³/mol. The number of fused-ring (bicyclic) bond motifs is 1. The molecule has 148 valence electrons. The Balaban J connectivity index is 1.54. The van der Waals surface area contributed by atoms with Crippen LogP contribution in [0.1, 0.15) is 38.3 Å². The van der Waals surface area contributed by atoms with Crippen LogP contribution in [-0.2, 0) is 14.3 Å². The maximum absolute atomic E-state index is 12.4. The summed E-state index contributed by atoms with van der Waals surface area (Å²) < 4.78 is 16.6. The summed E-state index contributed by atoms with van der Waals surface area (Å²) in [6.07, 6.45) is 0.298. The minimum absolute atomic E-state index is 0.113. The van der Waals surface area contributed by atoms with Crippen molar-refractivity contribution in [3.05, 3.63) is 60.2 Å². The normalized spacial score (nSPS) is 18.8. The fourth-order valence-corrected chi connectivity index (χ4v) is 3.13. The molecule has 3 rings (SSSR count).